The Kier molecular flexibility index (Phi) is 3.97. The average Bonchev–Trinajstić information content (AvgIpc) is 3.11. The van der Waals surface area contributed by atoms with E-state index in [0.29, 0.717) is 12.0 Å². The van der Waals surface area contributed by atoms with Crippen LogP contribution in [0.1, 0.15) is 43.6 Å². The van der Waals surface area contributed by atoms with Crippen LogP contribution in [0.25, 0.3) is 0 Å². The number of rotatable bonds is 3. The molecule has 3 aliphatic rings. The molecule has 3 fully saturated rings. The summed E-state index contributed by atoms with van der Waals surface area (Å²) in [6, 6.07) is 6.91. The van der Waals surface area contributed by atoms with Crippen LogP contribution in [0.15, 0.2) is 24.3 Å². The molecule has 0 spiro atoms. The van der Waals surface area contributed by atoms with Gasteiger partial charge in [0, 0.05) is 30.5 Å². The minimum atomic E-state index is -0.216. The van der Waals surface area contributed by atoms with Crippen LogP contribution in [0, 0.1) is 11.7 Å². The number of fused-ring (bicyclic) bond motifs is 1. The highest BCUT2D eigenvalue weighted by molar-refractivity contribution is 5.75. The smallest absolute Gasteiger partial charge is 0.315 e. The maximum absolute atomic E-state index is 13.3. The van der Waals surface area contributed by atoms with Crippen molar-refractivity contribution in [2.45, 2.75) is 56.2 Å². The van der Waals surface area contributed by atoms with Gasteiger partial charge in [0.1, 0.15) is 5.82 Å². The van der Waals surface area contributed by atoms with E-state index in [1.807, 2.05) is 6.07 Å². The van der Waals surface area contributed by atoms with E-state index >= 15 is 0 Å². The molecular formula is C18H23FN2O2. The third kappa shape index (κ3) is 3.20. The van der Waals surface area contributed by atoms with Crippen molar-refractivity contribution in [3.8, 4) is 0 Å². The summed E-state index contributed by atoms with van der Waals surface area (Å²) in [7, 11) is 0. The molecular weight excluding hydrogens is 295 g/mol. The fraction of sp³-hybridized carbons (Fsp3) is 0.611. The molecule has 2 amide bonds. The summed E-state index contributed by atoms with van der Waals surface area (Å²) >= 11 is 0. The van der Waals surface area contributed by atoms with Crippen LogP contribution in [0.3, 0.4) is 0 Å². The third-order valence-corrected chi connectivity index (χ3v) is 5.48. The molecule has 5 unspecified atom stereocenters. The molecule has 1 aliphatic heterocycles. The number of nitrogens with one attached hydrogen (secondary N) is 2. The lowest BCUT2D eigenvalue weighted by Crippen LogP contribution is -2.49. The van der Waals surface area contributed by atoms with E-state index < -0.39 is 0 Å². The van der Waals surface area contributed by atoms with Crippen molar-refractivity contribution < 1.29 is 13.9 Å². The summed E-state index contributed by atoms with van der Waals surface area (Å²) in [4.78, 5) is 12.3. The fourth-order valence-electron chi connectivity index (χ4n) is 4.19. The standard InChI is InChI=1S/C18H23FN2O2/c19-12-4-1-3-11(9-12)14-10-16(14)21-18(22)20-15-5-2-6-17-13(15)7-8-23-17/h1,3-4,9,13-17H,2,5-8,10H2,(H2,20,21,22). The molecule has 2 aliphatic carbocycles. The Morgan fingerprint density at radius 1 is 1.17 bits per heavy atom. The van der Waals surface area contributed by atoms with Crippen LogP contribution in [0.2, 0.25) is 0 Å². The lowest BCUT2D eigenvalue weighted by molar-refractivity contribution is 0.0549. The minimum Gasteiger partial charge on any atom is -0.378 e. The maximum Gasteiger partial charge on any atom is 0.315 e. The van der Waals surface area contributed by atoms with E-state index in [2.05, 4.69) is 10.6 Å². The molecule has 124 valence electrons. The van der Waals surface area contributed by atoms with E-state index in [-0.39, 0.29) is 29.8 Å². The van der Waals surface area contributed by atoms with Crippen molar-refractivity contribution in [2.24, 2.45) is 5.92 Å². The van der Waals surface area contributed by atoms with E-state index in [0.717, 1.165) is 44.3 Å². The van der Waals surface area contributed by atoms with Gasteiger partial charge in [-0.2, -0.15) is 0 Å². The SMILES string of the molecule is O=C(NC1CC1c1cccc(F)c1)NC1CCCC2OCCC12. The van der Waals surface area contributed by atoms with E-state index in [1.54, 1.807) is 12.1 Å². The molecule has 1 aromatic carbocycles. The molecule has 23 heavy (non-hydrogen) atoms. The Bertz CT molecular complexity index is 594. The van der Waals surface area contributed by atoms with Crippen molar-refractivity contribution in [2.75, 3.05) is 6.61 Å². The van der Waals surface area contributed by atoms with Gasteiger partial charge in [0.15, 0.2) is 0 Å². The Morgan fingerprint density at radius 2 is 2.04 bits per heavy atom. The quantitative estimate of drug-likeness (QED) is 0.900. The molecule has 5 atom stereocenters. The fourth-order valence-corrected chi connectivity index (χ4v) is 4.19. The first-order valence-corrected chi connectivity index (χ1v) is 8.65. The summed E-state index contributed by atoms with van der Waals surface area (Å²) in [5, 5.41) is 6.18. The largest absolute Gasteiger partial charge is 0.378 e. The number of hydrogen-bond donors (Lipinski definition) is 2. The van der Waals surface area contributed by atoms with Gasteiger partial charge in [-0.3, -0.25) is 0 Å². The number of amides is 2. The van der Waals surface area contributed by atoms with Crippen LogP contribution in [-0.2, 0) is 4.74 Å². The van der Waals surface area contributed by atoms with E-state index in [1.165, 1.54) is 6.07 Å². The number of carbonyl (C=O) groups excluding carboxylic acids is 1. The third-order valence-electron chi connectivity index (χ3n) is 5.48. The second-order valence-corrected chi connectivity index (χ2v) is 7.02. The summed E-state index contributed by atoms with van der Waals surface area (Å²) in [5.74, 6) is 0.491. The van der Waals surface area contributed by atoms with E-state index in [9.17, 15) is 9.18 Å². The Balaban J connectivity index is 1.29. The topological polar surface area (TPSA) is 50.4 Å². The predicted octanol–water partition coefficient (Wildman–Crippen LogP) is 2.94. The van der Waals surface area contributed by atoms with Gasteiger partial charge in [0.2, 0.25) is 0 Å². The molecule has 0 radical (unpaired) electrons. The van der Waals surface area contributed by atoms with E-state index in [4.69, 9.17) is 4.74 Å². The van der Waals surface area contributed by atoms with Gasteiger partial charge in [-0.1, -0.05) is 12.1 Å². The molecule has 0 aromatic heterocycles. The van der Waals surface area contributed by atoms with Gasteiger partial charge >= 0.3 is 6.03 Å². The molecule has 4 rings (SSSR count). The van der Waals surface area contributed by atoms with Gasteiger partial charge in [0.25, 0.3) is 0 Å². The first kappa shape index (κ1) is 14.9. The van der Waals surface area contributed by atoms with Crippen molar-refractivity contribution in [3.63, 3.8) is 0 Å². The zero-order valence-corrected chi connectivity index (χ0v) is 13.1. The van der Waals surface area contributed by atoms with Gasteiger partial charge in [-0.25, -0.2) is 9.18 Å². The number of hydrogen-bond acceptors (Lipinski definition) is 2. The number of urea groups is 1. The Labute approximate surface area is 135 Å². The number of halogens is 1. The van der Waals surface area contributed by atoms with Crippen molar-refractivity contribution >= 4 is 6.03 Å². The lowest BCUT2D eigenvalue weighted by atomic mass is 9.82. The number of carbonyl (C=O) groups is 1. The van der Waals surface area contributed by atoms with Gasteiger partial charge < -0.3 is 15.4 Å². The summed E-state index contributed by atoms with van der Waals surface area (Å²) in [6.45, 7) is 0.819. The van der Waals surface area contributed by atoms with Crippen LogP contribution in [-0.4, -0.2) is 30.8 Å². The number of ether oxygens (including phenoxy) is 1. The summed E-state index contributed by atoms with van der Waals surface area (Å²) in [6.07, 6.45) is 5.53. The van der Waals surface area contributed by atoms with Crippen molar-refractivity contribution in [3.05, 3.63) is 35.6 Å². The van der Waals surface area contributed by atoms with Gasteiger partial charge in [0.05, 0.1) is 6.10 Å². The molecule has 1 aromatic rings. The molecule has 4 nitrogen and oxygen atoms in total. The maximum atomic E-state index is 13.3. The van der Waals surface area contributed by atoms with Gasteiger partial charge in [-0.15, -0.1) is 0 Å². The highest BCUT2D eigenvalue weighted by Gasteiger charge is 2.41. The Morgan fingerprint density at radius 3 is 2.91 bits per heavy atom. The Hall–Kier alpha value is -1.62. The summed E-state index contributed by atoms with van der Waals surface area (Å²) < 4.78 is 19.0. The second-order valence-electron chi connectivity index (χ2n) is 7.02. The molecule has 1 saturated heterocycles. The predicted molar refractivity (Wildman–Crippen MR) is 84.7 cm³/mol. The zero-order valence-electron chi connectivity index (χ0n) is 13.1. The molecule has 0 bridgehead atoms. The minimum absolute atomic E-state index is 0.0912. The van der Waals surface area contributed by atoms with Crippen molar-refractivity contribution in [1.29, 1.82) is 0 Å². The van der Waals surface area contributed by atoms with Gasteiger partial charge in [-0.05, 0) is 49.8 Å². The first-order valence-electron chi connectivity index (χ1n) is 8.65. The lowest BCUT2D eigenvalue weighted by Gasteiger charge is -2.33. The first-order chi connectivity index (χ1) is 11.2. The molecule has 2 N–H and O–H groups in total. The summed E-state index contributed by atoms with van der Waals surface area (Å²) in [5.41, 5.74) is 0.970. The van der Waals surface area contributed by atoms with Crippen LogP contribution in [0.5, 0.6) is 0 Å². The second kappa shape index (κ2) is 6.11. The molecule has 5 heteroatoms. The average molecular weight is 318 g/mol. The zero-order chi connectivity index (χ0) is 15.8. The number of benzene rings is 1. The highest BCUT2D eigenvalue weighted by atomic mass is 19.1. The molecule has 2 saturated carbocycles. The van der Waals surface area contributed by atoms with Crippen molar-refractivity contribution in [1.82, 2.24) is 10.6 Å². The normalized spacial score (nSPS) is 35.4. The molecule has 1 heterocycles. The monoisotopic (exact) mass is 318 g/mol. The highest BCUT2D eigenvalue weighted by Crippen LogP contribution is 2.41. The van der Waals surface area contributed by atoms with Crippen LogP contribution < -0.4 is 10.6 Å². The van der Waals surface area contributed by atoms with Crippen LogP contribution >= 0.6 is 0 Å². The van der Waals surface area contributed by atoms with Crippen LogP contribution in [0.4, 0.5) is 9.18 Å².